The number of benzene rings is 1. The van der Waals surface area contributed by atoms with Gasteiger partial charge in [0.25, 0.3) is 0 Å². The molecule has 0 fully saturated rings. The van der Waals surface area contributed by atoms with Crippen molar-refractivity contribution in [1.82, 2.24) is 5.32 Å². The molecule has 1 aromatic carbocycles. The minimum Gasteiger partial charge on any atom is -0.394 e. The van der Waals surface area contributed by atoms with E-state index >= 15 is 0 Å². The SMILES string of the molecule is O=CNC(CO)c1cc(Cl)cc(Cl)c1. The van der Waals surface area contributed by atoms with Gasteiger partial charge >= 0.3 is 0 Å². The number of nitrogens with one attached hydrogen (secondary N) is 1. The average Bonchev–Trinajstić information content (AvgIpc) is 2.12. The van der Waals surface area contributed by atoms with Gasteiger partial charge in [-0.15, -0.1) is 0 Å². The molecular weight excluding hydrogens is 225 g/mol. The molecule has 1 aromatic rings. The van der Waals surface area contributed by atoms with Gasteiger partial charge in [-0.05, 0) is 23.8 Å². The topological polar surface area (TPSA) is 49.3 Å². The Morgan fingerprint density at radius 3 is 2.36 bits per heavy atom. The summed E-state index contributed by atoms with van der Waals surface area (Å²) in [4.78, 5) is 10.2. The number of amides is 1. The molecule has 0 aliphatic rings. The summed E-state index contributed by atoms with van der Waals surface area (Å²) in [6, 6.07) is 4.40. The lowest BCUT2D eigenvalue weighted by Crippen LogP contribution is -2.22. The minimum atomic E-state index is -0.469. The fraction of sp³-hybridized carbons (Fsp3) is 0.222. The summed E-state index contributed by atoms with van der Waals surface area (Å²) in [6.45, 7) is -0.199. The highest BCUT2D eigenvalue weighted by Crippen LogP contribution is 2.23. The maximum atomic E-state index is 10.2. The molecule has 0 aliphatic carbocycles. The fourth-order valence-corrected chi connectivity index (χ4v) is 1.66. The van der Waals surface area contributed by atoms with Gasteiger partial charge in [0.15, 0.2) is 0 Å². The summed E-state index contributed by atoms with van der Waals surface area (Å²) in [5, 5.41) is 12.4. The molecule has 3 nitrogen and oxygen atoms in total. The van der Waals surface area contributed by atoms with E-state index < -0.39 is 6.04 Å². The lowest BCUT2D eigenvalue weighted by molar-refractivity contribution is -0.110. The molecule has 0 saturated heterocycles. The van der Waals surface area contributed by atoms with Crippen LogP contribution in [0.1, 0.15) is 11.6 Å². The smallest absolute Gasteiger partial charge is 0.207 e. The van der Waals surface area contributed by atoms with Gasteiger partial charge in [0.1, 0.15) is 0 Å². The van der Waals surface area contributed by atoms with Crippen LogP contribution in [0.15, 0.2) is 18.2 Å². The van der Waals surface area contributed by atoms with E-state index in [0.717, 1.165) is 0 Å². The molecule has 0 spiro atoms. The number of halogens is 2. The molecule has 5 heteroatoms. The van der Waals surface area contributed by atoms with Crippen LogP contribution in [-0.4, -0.2) is 18.1 Å². The monoisotopic (exact) mass is 233 g/mol. The highest BCUT2D eigenvalue weighted by molar-refractivity contribution is 6.34. The zero-order chi connectivity index (χ0) is 10.6. The molecule has 0 aliphatic heterocycles. The first-order valence-electron chi connectivity index (χ1n) is 3.94. The van der Waals surface area contributed by atoms with Crippen molar-refractivity contribution in [2.75, 3.05) is 6.61 Å². The van der Waals surface area contributed by atoms with Crippen molar-refractivity contribution in [2.45, 2.75) is 6.04 Å². The van der Waals surface area contributed by atoms with E-state index in [-0.39, 0.29) is 6.61 Å². The first kappa shape index (κ1) is 11.3. The van der Waals surface area contributed by atoms with Crippen molar-refractivity contribution in [1.29, 1.82) is 0 Å². The Labute approximate surface area is 91.6 Å². The molecule has 1 rings (SSSR count). The molecule has 0 aromatic heterocycles. The van der Waals surface area contributed by atoms with Gasteiger partial charge < -0.3 is 10.4 Å². The molecule has 0 heterocycles. The van der Waals surface area contributed by atoms with Crippen molar-refractivity contribution >= 4 is 29.6 Å². The summed E-state index contributed by atoms with van der Waals surface area (Å²) in [6.07, 6.45) is 0.524. The number of rotatable bonds is 4. The Balaban J connectivity index is 2.96. The van der Waals surface area contributed by atoms with Crippen molar-refractivity contribution < 1.29 is 9.90 Å². The van der Waals surface area contributed by atoms with E-state index in [1.807, 2.05) is 0 Å². The second kappa shape index (κ2) is 5.20. The van der Waals surface area contributed by atoms with E-state index in [1.54, 1.807) is 18.2 Å². The third-order valence-corrected chi connectivity index (χ3v) is 2.18. The lowest BCUT2D eigenvalue weighted by Gasteiger charge is -2.13. The van der Waals surface area contributed by atoms with Gasteiger partial charge in [-0.1, -0.05) is 23.2 Å². The number of aliphatic hydroxyl groups is 1. The maximum Gasteiger partial charge on any atom is 0.207 e. The number of carbonyl (C=O) groups excluding carboxylic acids is 1. The second-order valence-corrected chi connectivity index (χ2v) is 3.60. The first-order chi connectivity index (χ1) is 6.67. The molecule has 1 atom stereocenters. The Kier molecular flexibility index (Phi) is 4.20. The highest BCUT2D eigenvalue weighted by Gasteiger charge is 2.10. The lowest BCUT2D eigenvalue weighted by atomic mass is 10.1. The van der Waals surface area contributed by atoms with Crippen LogP contribution in [0.5, 0.6) is 0 Å². The van der Waals surface area contributed by atoms with E-state index in [2.05, 4.69) is 5.32 Å². The third-order valence-electron chi connectivity index (χ3n) is 1.74. The predicted octanol–water partition coefficient (Wildman–Crippen LogP) is 1.77. The highest BCUT2D eigenvalue weighted by atomic mass is 35.5. The van der Waals surface area contributed by atoms with E-state index in [4.69, 9.17) is 28.3 Å². The predicted molar refractivity (Wildman–Crippen MR) is 55.5 cm³/mol. The van der Waals surface area contributed by atoms with Gasteiger partial charge in [0.05, 0.1) is 12.6 Å². The standard InChI is InChI=1S/C9H9Cl2NO2/c10-7-1-6(2-8(11)3-7)9(4-13)12-5-14/h1-3,5,9,13H,4H2,(H,12,14). The van der Waals surface area contributed by atoms with Crippen molar-refractivity contribution in [2.24, 2.45) is 0 Å². The van der Waals surface area contributed by atoms with Crippen molar-refractivity contribution in [3.05, 3.63) is 33.8 Å². The summed E-state index contributed by atoms with van der Waals surface area (Å²) in [5.74, 6) is 0. The zero-order valence-electron chi connectivity index (χ0n) is 7.21. The maximum absolute atomic E-state index is 10.2. The molecule has 76 valence electrons. The Bertz CT molecular complexity index is 310. The summed E-state index contributed by atoms with van der Waals surface area (Å²) < 4.78 is 0. The van der Waals surface area contributed by atoms with E-state index in [1.165, 1.54) is 0 Å². The fourth-order valence-electron chi connectivity index (χ4n) is 1.11. The van der Waals surface area contributed by atoms with Crippen LogP contribution in [0.2, 0.25) is 10.0 Å². The molecular formula is C9H9Cl2NO2. The van der Waals surface area contributed by atoms with Gasteiger partial charge in [-0.3, -0.25) is 4.79 Å². The summed E-state index contributed by atoms with van der Waals surface area (Å²) >= 11 is 11.5. The Morgan fingerprint density at radius 2 is 1.93 bits per heavy atom. The second-order valence-electron chi connectivity index (χ2n) is 2.72. The molecule has 0 radical (unpaired) electrons. The van der Waals surface area contributed by atoms with Crippen LogP contribution in [0.4, 0.5) is 0 Å². The van der Waals surface area contributed by atoms with Crippen molar-refractivity contribution in [3.8, 4) is 0 Å². The van der Waals surface area contributed by atoms with Gasteiger partial charge in [-0.2, -0.15) is 0 Å². The first-order valence-corrected chi connectivity index (χ1v) is 4.69. The Morgan fingerprint density at radius 1 is 1.36 bits per heavy atom. The minimum absolute atomic E-state index is 0.199. The quantitative estimate of drug-likeness (QED) is 0.780. The van der Waals surface area contributed by atoms with Crippen LogP contribution < -0.4 is 5.32 Å². The Hall–Kier alpha value is -0.770. The number of carbonyl (C=O) groups is 1. The van der Waals surface area contributed by atoms with Gasteiger partial charge in [0.2, 0.25) is 6.41 Å². The number of hydrogen-bond donors (Lipinski definition) is 2. The average molecular weight is 234 g/mol. The van der Waals surface area contributed by atoms with Gasteiger partial charge in [-0.25, -0.2) is 0 Å². The zero-order valence-corrected chi connectivity index (χ0v) is 8.72. The third kappa shape index (κ3) is 2.87. The van der Waals surface area contributed by atoms with Crippen LogP contribution in [0.25, 0.3) is 0 Å². The molecule has 14 heavy (non-hydrogen) atoms. The van der Waals surface area contributed by atoms with Crippen LogP contribution in [0.3, 0.4) is 0 Å². The molecule has 1 unspecified atom stereocenters. The van der Waals surface area contributed by atoms with Gasteiger partial charge in [0, 0.05) is 10.0 Å². The van der Waals surface area contributed by atoms with Crippen molar-refractivity contribution in [3.63, 3.8) is 0 Å². The molecule has 1 amide bonds. The number of hydrogen-bond acceptors (Lipinski definition) is 2. The van der Waals surface area contributed by atoms with Crippen LogP contribution >= 0.6 is 23.2 Å². The molecule has 2 N–H and O–H groups in total. The molecule has 0 saturated carbocycles. The molecule has 0 bridgehead atoms. The van der Waals surface area contributed by atoms with Crippen LogP contribution in [-0.2, 0) is 4.79 Å². The largest absolute Gasteiger partial charge is 0.394 e. The summed E-state index contributed by atoms with van der Waals surface area (Å²) in [5.41, 5.74) is 0.678. The summed E-state index contributed by atoms with van der Waals surface area (Å²) in [7, 11) is 0. The van der Waals surface area contributed by atoms with E-state index in [9.17, 15) is 4.79 Å². The number of aliphatic hydroxyl groups excluding tert-OH is 1. The van der Waals surface area contributed by atoms with E-state index in [0.29, 0.717) is 22.0 Å². The van der Waals surface area contributed by atoms with Crippen LogP contribution in [0, 0.1) is 0 Å². The normalized spacial score (nSPS) is 12.2.